The number of ether oxygens (including phenoxy) is 1. The molecule has 30 heavy (non-hydrogen) atoms. The van der Waals surface area contributed by atoms with E-state index in [0.29, 0.717) is 5.02 Å². The molecule has 0 bridgehead atoms. The van der Waals surface area contributed by atoms with Crippen LogP contribution in [0.4, 0.5) is 0 Å². The Kier molecular flexibility index (Phi) is 4.89. The summed E-state index contributed by atoms with van der Waals surface area (Å²) in [6, 6.07) is 30.6. The molecular weight excluding hydrogens is 392 g/mol. The van der Waals surface area contributed by atoms with Gasteiger partial charge >= 0.3 is 0 Å². The number of fused-ring (bicyclic) bond motifs is 2. The topological polar surface area (TPSA) is 27.1 Å². The quantitative estimate of drug-likeness (QED) is 0.310. The molecule has 0 radical (unpaired) electrons. The molecule has 0 aliphatic rings. The third-order valence-corrected chi connectivity index (χ3v) is 5.63. The number of aromatic nitrogens is 2. The van der Waals surface area contributed by atoms with Gasteiger partial charge in [-0.25, -0.2) is 4.98 Å². The number of imidazole rings is 1. The maximum atomic E-state index is 6.21. The lowest BCUT2D eigenvalue weighted by Gasteiger charge is -2.17. The number of rotatable bonds is 5. The minimum Gasteiger partial charge on any atom is -0.483 e. The van der Waals surface area contributed by atoms with Crippen molar-refractivity contribution in [3.05, 3.63) is 107 Å². The summed E-state index contributed by atoms with van der Waals surface area (Å²) in [6.07, 6.45) is -0.214. The molecule has 5 rings (SSSR count). The van der Waals surface area contributed by atoms with Crippen LogP contribution in [0.1, 0.15) is 24.4 Å². The van der Waals surface area contributed by atoms with Crippen LogP contribution in [0.5, 0.6) is 5.75 Å². The average Bonchev–Trinajstić information content (AvgIpc) is 3.14. The van der Waals surface area contributed by atoms with Gasteiger partial charge in [-0.2, -0.15) is 0 Å². The Morgan fingerprint density at radius 3 is 2.47 bits per heavy atom. The maximum absolute atomic E-state index is 6.21. The third kappa shape index (κ3) is 3.53. The standard InChI is InChI=1S/C26H21ClN2O/c1-18(30-22-15-13-21(27)14-16-22)26-28-24-11-4-5-12-25(24)29(26)17-20-9-6-8-19-7-2-3-10-23(19)20/h2-16,18H,17H2,1H3. The molecule has 4 heteroatoms. The second-order valence-corrected chi connectivity index (χ2v) is 7.83. The van der Waals surface area contributed by atoms with E-state index in [0.717, 1.165) is 29.2 Å². The van der Waals surface area contributed by atoms with Gasteiger partial charge in [-0.15, -0.1) is 0 Å². The van der Waals surface area contributed by atoms with Crippen LogP contribution in [0.3, 0.4) is 0 Å². The summed E-state index contributed by atoms with van der Waals surface area (Å²) in [7, 11) is 0. The van der Waals surface area contributed by atoms with E-state index in [1.54, 1.807) is 0 Å². The highest BCUT2D eigenvalue weighted by Crippen LogP contribution is 2.28. The van der Waals surface area contributed by atoms with Gasteiger partial charge in [0.2, 0.25) is 0 Å². The van der Waals surface area contributed by atoms with Crippen molar-refractivity contribution in [2.75, 3.05) is 0 Å². The summed E-state index contributed by atoms with van der Waals surface area (Å²) >= 11 is 6.01. The number of para-hydroxylation sites is 2. The monoisotopic (exact) mass is 412 g/mol. The molecular formula is C26H21ClN2O. The molecule has 0 amide bonds. The predicted octanol–water partition coefficient (Wildman–Crippen LogP) is 7.03. The molecule has 4 aromatic carbocycles. The Hall–Kier alpha value is -3.30. The second-order valence-electron chi connectivity index (χ2n) is 7.40. The number of hydrogen-bond acceptors (Lipinski definition) is 2. The van der Waals surface area contributed by atoms with Crippen LogP contribution in [0.15, 0.2) is 91.0 Å². The molecule has 0 spiro atoms. The second kappa shape index (κ2) is 7.85. The fraction of sp³-hybridized carbons (Fsp3) is 0.115. The van der Waals surface area contributed by atoms with Gasteiger partial charge in [-0.3, -0.25) is 0 Å². The van der Waals surface area contributed by atoms with E-state index in [1.807, 2.05) is 43.3 Å². The SMILES string of the molecule is CC(Oc1ccc(Cl)cc1)c1nc2ccccc2n1Cc1cccc2ccccc12. The van der Waals surface area contributed by atoms with Crippen molar-refractivity contribution in [2.24, 2.45) is 0 Å². The van der Waals surface area contributed by atoms with Crippen molar-refractivity contribution >= 4 is 33.4 Å². The van der Waals surface area contributed by atoms with Gasteiger partial charge in [0.25, 0.3) is 0 Å². The highest BCUT2D eigenvalue weighted by molar-refractivity contribution is 6.30. The van der Waals surface area contributed by atoms with Crippen LogP contribution in [0.25, 0.3) is 21.8 Å². The fourth-order valence-corrected chi connectivity index (χ4v) is 4.07. The number of benzene rings is 4. The molecule has 148 valence electrons. The summed E-state index contributed by atoms with van der Waals surface area (Å²) < 4.78 is 8.47. The van der Waals surface area contributed by atoms with Gasteiger partial charge in [-0.05, 0) is 59.7 Å². The summed E-state index contributed by atoms with van der Waals surface area (Å²) in [5.41, 5.74) is 3.34. The first-order chi connectivity index (χ1) is 14.7. The van der Waals surface area contributed by atoms with Gasteiger partial charge in [0.1, 0.15) is 5.75 Å². The minimum absolute atomic E-state index is 0.214. The molecule has 1 unspecified atom stereocenters. The zero-order chi connectivity index (χ0) is 20.5. The smallest absolute Gasteiger partial charge is 0.153 e. The van der Waals surface area contributed by atoms with Crippen molar-refractivity contribution in [1.29, 1.82) is 0 Å². The highest BCUT2D eigenvalue weighted by atomic mass is 35.5. The highest BCUT2D eigenvalue weighted by Gasteiger charge is 2.19. The van der Waals surface area contributed by atoms with Gasteiger partial charge in [0, 0.05) is 5.02 Å². The average molecular weight is 413 g/mol. The van der Waals surface area contributed by atoms with Crippen LogP contribution in [0.2, 0.25) is 5.02 Å². The summed E-state index contributed by atoms with van der Waals surface area (Å²) in [6.45, 7) is 2.76. The van der Waals surface area contributed by atoms with Crippen LogP contribution in [-0.2, 0) is 6.54 Å². The summed E-state index contributed by atoms with van der Waals surface area (Å²) in [4.78, 5) is 4.91. The third-order valence-electron chi connectivity index (χ3n) is 5.38. The zero-order valence-corrected chi connectivity index (χ0v) is 17.4. The predicted molar refractivity (Wildman–Crippen MR) is 123 cm³/mol. The van der Waals surface area contributed by atoms with E-state index < -0.39 is 0 Å². The Balaban J connectivity index is 1.57. The summed E-state index contributed by atoms with van der Waals surface area (Å²) in [5.74, 6) is 1.68. The van der Waals surface area contributed by atoms with Crippen molar-refractivity contribution < 1.29 is 4.74 Å². The first-order valence-electron chi connectivity index (χ1n) is 10.0. The lowest BCUT2D eigenvalue weighted by Crippen LogP contribution is -2.13. The van der Waals surface area contributed by atoms with E-state index in [-0.39, 0.29) is 6.10 Å². The van der Waals surface area contributed by atoms with Crippen LogP contribution < -0.4 is 4.74 Å². The van der Waals surface area contributed by atoms with E-state index in [2.05, 4.69) is 59.2 Å². The lowest BCUT2D eigenvalue weighted by atomic mass is 10.0. The molecule has 5 aromatic rings. The van der Waals surface area contributed by atoms with Crippen LogP contribution in [0, 0.1) is 0 Å². The molecule has 0 aliphatic carbocycles. The number of halogens is 1. The maximum Gasteiger partial charge on any atom is 0.153 e. The summed E-state index contributed by atoms with van der Waals surface area (Å²) in [5, 5.41) is 3.19. The van der Waals surface area contributed by atoms with Gasteiger partial charge in [0.05, 0.1) is 17.6 Å². The van der Waals surface area contributed by atoms with E-state index in [4.69, 9.17) is 21.3 Å². The Labute approximate surface area is 180 Å². The van der Waals surface area contributed by atoms with Crippen molar-refractivity contribution in [1.82, 2.24) is 9.55 Å². The molecule has 3 nitrogen and oxygen atoms in total. The van der Waals surface area contributed by atoms with Crippen molar-refractivity contribution in [3.8, 4) is 5.75 Å². The normalized spacial score (nSPS) is 12.3. The number of nitrogens with zero attached hydrogens (tertiary/aromatic N) is 2. The largest absolute Gasteiger partial charge is 0.483 e. The molecule has 1 atom stereocenters. The Morgan fingerprint density at radius 2 is 1.60 bits per heavy atom. The Morgan fingerprint density at radius 1 is 0.867 bits per heavy atom. The van der Waals surface area contributed by atoms with Crippen LogP contribution >= 0.6 is 11.6 Å². The van der Waals surface area contributed by atoms with Gasteiger partial charge in [-0.1, -0.05) is 66.2 Å². The first-order valence-corrected chi connectivity index (χ1v) is 10.4. The lowest BCUT2D eigenvalue weighted by molar-refractivity contribution is 0.212. The molecule has 0 fully saturated rings. The van der Waals surface area contributed by atoms with E-state index in [1.165, 1.54) is 16.3 Å². The zero-order valence-electron chi connectivity index (χ0n) is 16.6. The van der Waals surface area contributed by atoms with Gasteiger partial charge in [0.15, 0.2) is 11.9 Å². The molecule has 0 saturated carbocycles. The van der Waals surface area contributed by atoms with E-state index in [9.17, 15) is 0 Å². The number of hydrogen-bond donors (Lipinski definition) is 0. The molecule has 0 N–H and O–H groups in total. The van der Waals surface area contributed by atoms with Crippen molar-refractivity contribution in [3.63, 3.8) is 0 Å². The van der Waals surface area contributed by atoms with Crippen LogP contribution in [-0.4, -0.2) is 9.55 Å². The molecule has 1 heterocycles. The molecule has 0 saturated heterocycles. The fourth-order valence-electron chi connectivity index (χ4n) is 3.94. The Bertz CT molecular complexity index is 1320. The van der Waals surface area contributed by atoms with Gasteiger partial charge < -0.3 is 9.30 Å². The molecule has 1 aromatic heterocycles. The molecule has 0 aliphatic heterocycles. The van der Waals surface area contributed by atoms with E-state index >= 15 is 0 Å². The minimum atomic E-state index is -0.214. The van der Waals surface area contributed by atoms with Crippen molar-refractivity contribution in [2.45, 2.75) is 19.6 Å². The first kappa shape index (κ1) is 18.7.